The second-order valence-electron chi connectivity index (χ2n) is 12.3. The van der Waals surface area contributed by atoms with Crippen molar-refractivity contribution in [2.75, 3.05) is 29.5 Å². The molecule has 3 atom stereocenters. The Kier molecular flexibility index (Phi) is 8.47. The molecule has 0 radical (unpaired) electrons. The maximum Gasteiger partial charge on any atom is 0.417 e. The van der Waals surface area contributed by atoms with Crippen molar-refractivity contribution in [3.05, 3.63) is 83.1 Å². The molecule has 0 saturated carbocycles. The van der Waals surface area contributed by atoms with E-state index in [-0.39, 0.29) is 86.7 Å². The van der Waals surface area contributed by atoms with Crippen molar-refractivity contribution in [1.82, 2.24) is 19.4 Å². The third kappa shape index (κ3) is 5.62. The molecular weight excluding hydrogens is 688 g/mol. The Balaban J connectivity index is 1.52. The van der Waals surface area contributed by atoms with E-state index in [1.54, 1.807) is 52.5 Å². The van der Waals surface area contributed by atoms with Gasteiger partial charge in [0.1, 0.15) is 28.7 Å². The Morgan fingerprint density at radius 3 is 2.54 bits per heavy atom. The highest BCUT2D eigenvalue weighted by atomic mass is 32.2. The molecule has 1 fully saturated rings. The van der Waals surface area contributed by atoms with E-state index in [1.165, 1.54) is 10.6 Å². The number of nitrogens with zero attached hydrogens (tertiary/aromatic N) is 6. The number of nitrogen functional groups attached to an aromatic ring is 1. The van der Waals surface area contributed by atoms with E-state index in [0.29, 0.717) is 15.8 Å². The number of alkyl halides is 3. The molecule has 10 nitrogen and oxygen atoms in total. The molecule has 1 unspecified atom stereocenters. The van der Waals surface area contributed by atoms with Crippen LogP contribution >= 0.6 is 23.1 Å². The summed E-state index contributed by atoms with van der Waals surface area (Å²) in [6.45, 7) is 7.75. The molecule has 7 rings (SSSR count). The molecule has 2 N–H and O–H groups in total. The highest BCUT2D eigenvalue weighted by Gasteiger charge is 2.40. The van der Waals surface area contributed by atoms with E-state index in [1.807, 2.05) is 13.8 Å². The lowest BCUT2D eigenvalue weighted by Gasteiger charge is -2.44. The first kappa shape index (κ1) is 33.4. The number of thiophene rings is 1. The Morgan fingerprint density at radius 1 is 1.16 bits per heavy atom. The molecule has 5 heterocycles. The number of fused-ring (bicyclic) bond motifs is 1. The molecular formula is C35H30F3N7O3S2. The lowest BCUT2D eigenvalue weighted by Crippen LogP contribution is -2.58. The number of carbonyl (C=O) groups is 1. The van der Waals surface area contributed by atoms with Crippen molar-refractivity contribution < 1.29 is 22.7 Å². The molecule has 5 aromatic rings. The number of rotatable bonds is 5. The van der Waals surface area contributed by atoms with Gasteiger partial charge in [0.05, 0.1) is 23.2 Å². The number of carbonyl (C=O) groups excluding carboxylic acids is 1. The van der Waals surface area contributed by atoms with Gasteiger partial charge in [-0.15, -0.1) is 23.1 Å². The normalized spacial score (nSPS) is 19.3. The number of aromatic nitrogens is 3. The number of hydrogen-bond acceptors (Lipinski definition) is 10. The summed E-state index contributed by atoms with van der Waals surface area (Å²) in [5.74, 6) is 0.542. The maximum atomic E-state index is 15.4. The fourth-order valence-corrected chi connectivity index (χ4v) is 9.26. The summed E-state index contributed by atoms with van der Waals surface area (Å²) < 4.78 is 54.5. The SMILES string of the molecule is C=CC(=O)N1[C@H](C)CN(c2nc(=O)n3c4c(c(-c5cccc6sc(N)c(C#N)c56)c(C(F)(F)F)cc24)SCC(Oc2ccncc2)C3)C[C@@H]1C. The Labute approximate surface area is 292 Å². The summed E-state index contributed by atoms with van der Waals surface area (Å²) in [7, 11) is 0. The quantitative estimate of drug-likeness (QED) is 0.208. The first-order valence-electron chi connectivity index (χ1n) is 15.7. The van der Waals surface area contributed by atoms with Crippen LogP contribution in [-0.4, -0.2) is 62.4 Å². The van der Waals surface area contributed by atoms with Crippen molar-refractivity contribution in [2.24, 2.45) is 0 Å². The van der Waals surface area contributed by atoms with E-state index < -0.39 is 23.5 Å². The van der Waals surface area contributed by atoms with E-state index in [9.17, 15) is 14.9 Å². The number of pyridine rings is 1. The summed E-state index contributed by atoms with van der Waals surface area (Å²) in [5.41, 5.74) is 5.04. The zero-order valence-electron chi connectivity index (χ0n) is 26.9. The molecule has 256 valence electrons. The summed E-state index contributed by atoms with van der Waals surface area (Å²) in [6.07, 6.45) is -1.11. The number of thioether (sulfide) groups is 1. The van der Waals surface area contributed by atoms with E-state index in [2.05, 4.69) is 22.6 Å². The van der Waals surface area contributed by atoms with Crippen LogP contribution in [0.1, 0.15) is 25.0 Å². The zero-order valence-corrected chi connectivity index (χ0v) is 28.5. The third-order valence-corrected chi connectivity index (χ3v) is 11.2. The van der Waals surface area contributed by atoms with Crippen LogP contribution in [0.4, 0.5) is 24.0 Å². The van der Waals surface area contributed by atoms with Crippen LogP contribution in [0, 0.1) is 11.3 Å². The average molecular weight is 718 g/mol. The highest BCUT2D eigenvalue weighted by molar-refractivity contribution is 7.99. The molecule has 0 aliphatic carbocycles. The van der Waals surface area contributed by atoms with Gasteiger partial charge in [-0.05, 0) is 49.8 Å². The fourth-order valence-electron chi connectivity index (χ4n) is 7.07. The minimum absolute atomic E-state index is 0.0171. The summed E-state index contributed by atoms with van der Waals surface area (Å²) in [6, 6.07) is 10.7. The lowest BCUT2D eigenvalue weighted by molar-refractivity contribution is -0.137. The van der Waals surface area contributed by atoms with Gasteiger partial charge in [0.15, 0.2) is 0 Å². The predicted molar refractivity (Wildman–Crippen MR) is 189 cm³/mol. The monoisotopic (exact) mass is 717 g/mol. The summed E-state index contributed by atoms with van der Waals surface area (Å²) >= 11 is 2.29. The first-order chi connectivity index (χ1) is 23.9. The van der Waals surface area contributed by atoms with E-state index >= 15 is 13.2 Å². The Bertz CT molecular complexity index is 2270. The number of ether oxygens (including phenoxy) is 1. The Hall–Kier alpha value is -5.07. The van der Waals surface area contributed by atoms with Gasteiger partial charge in [-0.1, -0.05) is 18.7 Å². The number of benzene rings is 2. The predicted octanol–water partition coefficient (Wildman–Crippen LogP) is 6.31. The zero-order chi connectivity index (χ0) is 35.5. The maximum absolute atomic E-state index is 15.4. The van der Waals surface area contributed by atoms with Crippen LogP contribution in [0.15, 0.2) is 71.1 Å². The molecule has 15 heteroatoms. The van der Waals surface area contributed by atoms with Crippen molar-refractivity contribution in [2.45, 2.75) is 49.7 Å². The molecule has 0 spiro atoms. The molecule has 2 aliphatic rings. The van der Waals surface area contributed by atoms with Crippen molar-refractivity contribution in [3.63, 3.8) is 0 Å². The second kappa shape index (κ2) is 12.7. The smallest absolute Gasteiger partial charge is 0.417 e. The third-order valence-electron chi connectivity index (χ3n) is 9.03. The topological polar surface area (TPSA) is 130 Å². The summed E-state index contributed by atoms with van der Waals surface area (Å²) in [5, 5.41) is 10.7. The number of hydrogen-bond donors (Lipinski definition) is 1. The number of nitrogens with two attached hydrogens (primary N) is 1. The van der Waals surface area contributed by atoms with Crippen molar-refractivity contribution in [1.29, 1.82) is 5.26 Å². The van der Waals surface area contributed by atoms with Crippen LogP contribution < -0.4 is 21.1 Å². The average Bonchev–Trinajstić information content (AvgIpc) is 3.29. The van der Waals surface area contributed by atoms with Crippen molar-refractivity contribution in [3.8, 4) is 22.9 Å². The number of halogens is 3. The highest BCUT2D eigenvalue weighted by Crippen LogP contribution is 2.51. The van der Waals surface area contributed by atoms with Gasteiger partial charge in [-0.3, -0.25) is 14.3 Å². The van der Waals surface area contributed by atoms with Gasteiger partial charge in [0, 0.05) is 69.3 Å². The van der Waals surface area contributed by atoms with Crippen LogP contribution in [0.5, 0.6) is 5.75 Å². The molecule has 1 amide bonds. The molecule has 2 aliphatic heterocycles. The van der Waals surface area contributed by atoms with Crippen molar-refractivity contribution >= 4 is 60.8 Å². The number of anilines is 2. The minimum atomic E-state index is -4.84. The first-order valence-corrected chi connectivity index (χ1v) is 17.5. The number of nitriles is 1. The van der Waals surface area contributed by atoms with Gasteiger partial charge in [-0.25, -0.2) is 4.79 Å². The van der Waals surface area contributed by atoms with Gasteiger partial charge in [0.2, 0.25) is 5.91 Å². The van der Waals surface area contributed by atoms with Gasteiger partial charge in [-0.2, -0.15) is 23.4 Å². The van der Waals surface area contributed by atoms with Crippen LogP contribution in [0.2, 0.25) is 0 Å². The van der Waals surface area contributed by atoms with Crippen LogP contribution in [-0.2, 0) is 17.5 Å². The fraction of sp³-hybridized carbons (Fsp3) is 0.286. The van der Waals surface area contributed by atoms with Crippen LogP contribution in [0.3, 0.4) is 0 Å². The van der Waals surface area contributed by atoms with E-state index in [0.717, 1.165) is 29.2 Å². The molecule has 2 aromatic carbocycles. The number of piperazine rings is 1. The van der Waals surface area contributed by atoms with Gasteiger partial charge >= 0.3 is 11.9 Å². The largest absolute Gasteiger partial charge is 0.488 e. The van der Waals surface area contributed by atoms with Gasteiger partial charge in [0.25, 0.3) is 0 Å². The van der Waals surface area contributed by atoms with Crippen LogP contribution in [0.25, 0.3) is 32.1 Å². The molecule has 1 saturated heterocycles. The van der Waals surface area contributed by atoms with Gasteiger partial charge < -0.3 is 20.3 Å². The molecule has 3 aromatic heterocycles. The molecule has 0 bridgehead atoms. The minimum Gasteiger partial charge on any atom is -0.488 e. The second-order valence-corrected chi connectivity index (χ2v) is 14.4. The summed E-state index contributed by atoms with van der Waals surface area (Å²) in [4.78, 5) is 38.9. The standard InChI is InChI=1S/C35H30F3N7O3S2/c1-4-27(46)45-18(2)14-43(15-19(45)3)33-23-12-25(35(36,37)38)29(22-6-5-7-26-28(22)24(13-39)32(40)50-26)31-30(23)44(34(47)42-33)16-21(17-49-31)48-20-8-10-41-11-9-20/h4-12,18-19,21H,1,14-17,40H2,2-3H3/t18-,19+,21?. The molecule has 50 heavy (non-hydrogen) atoms. The Morgan fingerprint density at radius 2 is 1.88 bits per heavy atom. The van der Waals surface area contributed by atoms with E-state index in [4.69, 9.17) is 10.5 Å². The lowest BCUT2D eigenvalue weighted by atomic mass is 9.93. The number of amides is 1.